The average Bonchev–Trinajstić information content (AvgIpc) is 3.56. The topological polar surface area (TPSA) is 100 Å². The molecule has 0 bridgehead atoms. The van der Waals surface area contributed by atoms with Crippen molar-refractivity contribution < 1.29 is 14.4 Å². The minimum absolute atomic E-state index is 0.0236. The van der Waals surface area contributed by atoms with Gasteiger partial charge < -0.3 is 16.0 Å². The van der Waals surface area contributed by atoms with Crippen molar-refractivity contribution in [2.75, 3.05) is 10.6 Å². The molecule has 0 aliphatic carbocycles. The molecule has 4 aromatic carbocycles. The molecule has 0 aliphatic rings. The number of aromatic nitrogens is 1. The third-order valence-corrected chi connectivity index (χ3v) is 8.97. The molecule has 11 heteroatoms. The predicted molar refractivity (Wildman–Crippen MR) is 179 cm³/mol. The van der Waals surface area contributed by atoms with Crippen molar-refractivity contribution in [2.45, 2.75) is 10.1 Å². The van der Waals surface area contributed by atoms with E-state index in [1.54, 1.807) is 72.2 Å². The van der Waals surface area contributed by atoms with Gasteiger partial charge in [0.05, 0.1) is 10.0 Å². The largest absolute Gasteiger partial charge is 0.321 e. The Kier molecular flexibility index (Phi) is 10.5. The van der Waals surface area contributed by atoms with Gasteiger partial charge in [0.15, 0.2) is 5.13 Å². The third kappa shape index (κ3) is 8.15. The molecule has 7 nitrogen and oxygen atoms in total. The van der Waals surface area contributed by atoms with Crippen LogP contribution < -0.4 is 16.0 Å². The van der Waals surface area contributed by atoms with Crippen LogP contribution in [0.3, 0.4) is 0 Å². The Bertz CT molecular complexity index is 1780. The minimum atomic E-state index is -0.560. The fourth-order valence-corrected chi connectivity index (χ4v) is 5.96. The van der Waals surface area contributed by atoms with Gasteiger partial charge >= 0.3 is 0 Å². The maximum Gasteiger partial charge on any atom is 0.272 e. The quantitative estimate of drug-likeness (QED) is 0.103. The Morgan fingerprint density at radius 1 is 0.818 bits per heavy atom. The summed E-state index contributed by atoms with van der Waals surface area (Å²) in [5, 5.41) is 10.7. The highest BCUT2D eigenvalue weighted by Gasteiger charge is 2.23. The normalized spacial score (nSPS) is 11.8. The van der Waals surface area contributed by atoms with E-state index in [1.807, 2.05) is 42.5 Å². The summed E-state index contributed by atoms with van der Waals surface area (Å²) < 4.78 is 0. The first-order valence-corrected chi connectivity index (χ1v) is 15.7. The lowest BCUT2D eigenvalue weighted by molar-refractivity contribution is -0.116. The van der Waals surface area contributed by atoms with E-state index >= 15 is 0 Å². The number of amides is 3. The van der Waals surface area contributed by atoms with E-state index < -0.39 is 17.1 Å². The molecule has 0 radical (unpaired) electrons. The number of nitrogens with one attached hydrogen (secondary N) is 3. The first-order valence-electron chi connectivity index (χ1n) is 13.2. The van der Waals surface area contributed by atoms with Gasteiger partial charge in [-0.1, -0.05) is 83.9 Å². The Hall–Kier alpha value is -4.41. The van der Waals surface area contributed by atoms with E-state index in [4.69, 9.17) is 23.2 Å². The standard InChI is InChI=1S/C33H24Cl2N4O3S2/c34-26-13-7-12-23(28(26)35)20-27(38-30(40)22-10-5-2-6-11-22)31(41)37-24-14-16-25(17-15-24)44-29(21-8-3-1-4-9-21)32(42)39-33-36-18-19-43-33/h1-20,29H,(H,37,41)(H,38,40)(H,36,39,42)/b27-20-. The fraction of sp³-hybridized carbons (Fsp3) is 0.0303. The van der Waals surface area contributed by atoms with Gasteiger partial charge in [0, 0.05) is 27.7 Å². The molecule has 0 fully saturated rings. The lowest BCUT2D eigenvalue weighted by Crippen LogP contribution is -2.30. The van der Waals surface area contributed by atoms with Crippen LogP contribution in [0.4, 0.5) is 10.8 Å². The maximum atomic E-state index is 13.4. The maximum absolute atomic E-state index is 13.4. The van der Waals surface area contributed by atoms with Gasteiger partial charge in [-0.05, 0) is 59.7 Å². The van der Waals surface area contributed by atoms with Crippen molar-refractivity contribution in [3.8, 4) is 0 Å². The van der Waals surface area contributed by atoms with E-state index in [9.17, 15) is 14.4 Å². The van der Waals surface area contributed by atoms with Crippen molar-refractivity contribution in [3.05, 3.63) is 147 Å². The molecule has 5 aromatic rings. The highest BCUT2D eigenvalue weighted by atomic mass is 35.5. The summed E-state index contributed by atoms with van der Waals surface area (Å²) in [6.07, 6.45) is 3.11. The average molecular weight is 660 g/mol. The number of nitrogens with zero attached hydrogens (tertiary/aromatic N) is 1. The number of halogens is 2. The first kappa shape index (κ1) is 31.0. The third-order valence-electron chi connectivity index (χ3n) is 6.18. The molecule has 1 heterocycles. The van der Waals surface area contributed by atoms with E-state index in [0.29, 0.717) is 27.0 Å². The van der Waals surface area contributed by atoms with E-state index in [2.05, 4.69) is 20.9 Å². The van der Waals surface area contributed by atoms with Crippen molar-refractivity contribution in [3.63, 3.8) is 0 Å². The zero-order valence-corrected chi connectivity index (χ0v) is 26.0. The van der Waals surface area contributed by atoms with Crippen molar-refractivity contribution in [1.82, 2.24) is 10.3 Å². The van der Waals surface area contributed by atoms with E-state index in [1.165, 1.54) is 29.2 Å². The predicted octanol–water partition coefficient (Wildman–Crippen LogP) is 8.33. The van der Waals surface area contributed by atoms with Gasteiger partial charge in [-0.25, -0.2) is 4.98 Å². The van der Waals surface area contributed by atoms with Crippen LogP contribution in [0.2, 0.25) is 10.0 Å². The number of benzene rings is 4. The van der Waals surface area contributed by atoms with Crippen molar-refractivity contribution in [1.29, 1.82) is 0 Å². The number of hydrogen-bond donors (Lipinski definition) is 3. The zero-order chi connectivity index (χ0) is 30.9. The van der Waals surface area contributed by atoms with Gasteiger partial charge in [-0.15, -0.1) is 23.1 Å². The molecule has 5 rings (SSSR count). The van der Waals surface area contributed by atoms with Gasteiger partial charge in [0.1, 0.15) is 10.9 Å². The van der Waals surface area contributed by atoms with Gasteiger partial charge in [0.25, 0.3) is 11.8 Å². The van der Waals surface area contributed by atoms with Crippen LogP contribution in [0, 0.1) is 0 Å². The summed E-state index contributed by atoms with van der Waals surface area (Å²) in [7, 11) is 0. The highest BCUT2D eigenvalue weighted by Crippen LogP contribution is 2.37. The summed E-state index contributed by atoms with van der Waals surface area (Å²) in [6.45, 7) is 0. The smallest absolute Gasteiger partial charge is 0.272 e. The number of rotatable bonds is 10. The lowest BCUT2D eigenvalue weighted by atomic mass is 10.1. The molecular weight excluding hydrogens is 635 g/mol. The summed E-state index contributed by atoms with van der Waals surface area (Å²) in [5.74, 6) is -1.22. The summed E-state index contributed by atoms with van der Waals surface area (Å²) >= 11 is 15.3. The SMILES string of the molecule is O=C(Nc1ccc(SC(C(=O)Nc2nccs2)c2ccccc2)cc1)/C(=C/c1cccc(Cl)c1Cl)NC(=O)c1ccccc1. The molecule has 44 heavy (non-hydrogen) atoms. The van der Waals surface area contributed by atoms with Crippen LogP contribution in [-0.4, -0.2) is 22.7 Å². The van der Waals surface area contributed by atoms with Crippen LogP contribution >= 0.6 is 46.3 Å². The second kappa shape index (κ2) is 14.9. The Morgan fingerprint density at radius 2 is 1.52 bits per heavy atom. The molecule has 1 atom stereocenters. The minimum Gasteiger partial charge on any atom is -0.321 e. The van der Waals surface area contributed by atoms with Crippen LogP contribution in [0.5, 0.6) is 0 Å². The van der Waals surface area contributed by atoms with Crippen LogP contribution in [-0.2, 0) is 9.59 Å². The molecule has 3 amide bonds. The Balaban J connectivity index is 1.34. The van der Waals surface area contributed by atoms with Crippen LogP contribution in [0.25, 0.3) is 6.08 Å². The molecule has 1 unspecified atom stereocenters. The monoisotopic (exact) mass is 658 g/mol. The molecule has 0 spiro atoms. The molecule has 3 N–H and O–H groups in total. The van der Waals surface area contributed by atoms with Gasteiger partial charge in [0.2, 0.25) is 5.91 Å². The Morgan fingerprint density at radius 3 is 2.20 bits per heavy atom. The van der Waals surface area contributed by atoms with Crippen LogP contribution in [0.15, 0.2) is 125 Å². The Labute approximate surface area is 272 Å². The number of thiazole rings is 1. The van der Waals surface area contributed by atoms with E-state index in [-0.39, 0.29) is 16.6 Å². The molecule has 0 saturated heterocycles. The fourth-order valence-electron chi connectivity index (χ4n) is 4.04. The number of hydrogen-bond acceptors (Lipinski definition) is 6. The highest BCUT2D eigenvalue weighted by molar-refractivity contribution is 8.00. The number of thioether (sulfide) groups is 1. The van der Waals surface area contributed by atoms with Gasteiger partial charge in [-0.3, -0.25) is 14.4 Å². The van der Waals surface area contributed by atoms with Gasteiger partial charge in [-0.2, -0.15) is 0 Å². The van der Waals surface area contributed by atoms with Crippen molar-refractivity contribution in [2.24, 2.45) is 0 Å². The summed E-state index contributed by atoms with van der Waals surface area (Å²) in [4.78, 5) is 44.6. The van der Waals surface area contributed by atoms with Crippen LogP contribution in [0.1, 0.15) is 26.7 Å². The summed E-state index contributed by atoms with van der Waals surface area (Å²) in [5.41, 5.74) is 2.15. The molecular formula is C33H24Cl2N4O3S2. The number of carbonyl (C=O) groups excluding carboxylic acids is 3. The summed E-state index contributed by atoms with van der Waals surface area (Å²) in [6, 6.07) is 30.1. The lowest BCUT2D eigenvalue weighted by Gasteiger charge is -2.17. The van der Waals surface area contributed by atoms with Crippen molar-refractivity contribution >= 4 is 80.9 Å². The second-order valence-electron chi connectivity index (χ2n) is 9.23. The molecule has 1 aromatic heterocycles. The van der Waals surface area contributed by atoms with E-state index in [0.717, 1.165) is 10.5 Å². The molecule has 0 saturated carbocycles. The molecule has 0 aliphatic heterocycles. The molecule has 220 valence electrons. The first-order chi connectivity index (χ1) is 21.4. The second-order valence-corrected chi connectivity index (χ2v) is 12.1. The number of anilines is 2. The number of carbonyl (C=O) groups is 3. The zero-order valence-electron chi connectivity index (χ0n) is 22.9.